The zero-order chi connectivity index (χ0) is 46.6. The predicted octanol–water partition coefficient (Wildman–Crippen LogP) is 11.8. The number of hydrogen-bond acceptors (Lipinski definition) is 13. The van der Waals surface area contributed by atoms with Gasteiger partial charge in [-0.25, -0.2) is 0 Å². The van der Waals surface area contributed by atoms with Gasteiger partial charge in [0, 0.05) is 45.2 Å². The van der Waals surface area contributed by atoms with E-state index in [1.165, 1.54) is 55.6 Å². The molecule has 0 aliphatic rings. The number of aryl methyl sites for hydroxylation is 2. The zero-order valence-corrected chi connectivity index (χ0v) is 36.1. The van der Waals surface area contributed by atoms with Gasteiger partial charge in [-0.1, -0.05) is 26.0 Å². The second-order valence-corrected chi connectivity index (χ2v) is 16.5. The lowest BCUT2D eigenvalue weighted by atomic mass is 9.77. The smallest absolute Gasteiger partial charge is 0.127 e. The van der Waals surface area contributed by atoms with Gasteiger partial charge >= 0.3 is 0 Å². The van der Waals surface area contributed by atoms with Crippen molar-refractivity contribution in [2.24, 2.45) is 0 Å². The molecule has 4 aromatic carbocycles. The molecule has 0 spiro atoms. The maximum absolute atomic E-state index is 12.9. The summed E-state index contributed by atoms with van der Waals surface area (Å²) < 4.78 is 29.5. The van der Waals surface area contributed by atoms with Crippen LogP contribution in [0.3, 0.4) is 0 Å². The Bertz CT molecular complexity index is 3120. The fraction of sp³-hybridized carbons (Fsp3) is 0.170. The van der Waals surface area contributed by atoms with Crippen molar-refractivity contribution >= 4 is 0 Å². The van der Waals surface area contributed by atoms with Gasteiger partial charge in [0.1, 0.15) is 74.8 Å². The first-order valence-electron chi connectivity index (χ1n) is 21.1. The molecule has 0 saturated heterocycles. The van der Waals surface area contributed by atoms with E-state index >= 15 is 0 Å². The molecule has 13 nitrogen and oxygen atoms in total. The highest BCUT2D eigenvalue weighted by atomic mass is 16.3. The Labute approximate surface area is 377 Å². The molecule has 0 saturated carbocycles. The van der Waals surface area contributed by atoms with Crippen molar-refractivity contribution in [1.82, 2.24) is 0 Å². The first kappa shape index (κ1) is 43.0. The van der Waals surface area contributed by atoms with E-state index in [0.29, 0.717) is 17.1 Å². The molecule has 0 aliphatic heterocycles. The van der Waals surface area contributed by atoms with Crippen LogP contribution in [0.5, 0.6) is 46.0 Å². The Kier molecular flexibility index (Phi) is 11.1. The number of phenolic OH excluding ortho intramolecular Hbond substituents is 8. The van der Waals surface area contributed by atoms with Gasteiger partial charge in [0.05, 0.1) is 60.2 Å². The quantitative estimate of drug-likeness (QED) is 0.0539. The van der Waals surface area contributed by atoms with Gasteiger partial charge in [-0.05, 0) is 110 Å². The molecule has 9 aromatic rings. The van der Waals surface area contributed by atoms with Crippen LogP contribution in [-0.2, 0) is 0 Å². The molecule has 0 aliphatic carbocycles. The van der Waals surface area contributed by atoms with Gasteiger partial charge in [-0.2, -0.15) is 0 Å². The van der Waals surface area contributed by atoms with E-state index < -0.39 is 46.8 Å². The lowest BCUT2D eigenvalue weighted by Gasteiger charge is -2.29. The highest BCUT2D eigenvalue weighted by Gasteiger charge is 2.39. The van der Waals surface area contributed by atoms with Crippen LogP contribution in [0.2, 0.25) is 0 Å². The van der Waals surface area contributed by atoms with Crippen LogP contribution in [-0.4, -0.2) is 40.9 Å². The fourth-order valence-electron chi connectivity index (χ4n) is 9.29. The van der Waals surface area contributed by atoms with E-state index in [9.17, 15) is 40.9 Å². The minimum absolute atomic E-state index is 0.00749. The second-order valence-electron chi connectivity index (χ2n) is 16.5. The number of benzene rings is 4. The van der Waals surface area contributed by atoms with Crippen LogP contribution in [0, 0.1) is 13.8 Å². The highest BCUT2D eigenvalue weighted by molar-refractivity contribution is 5.69. The molecule has 66 heavy (non-hydrogen) atoms. The van der Waals surface area contributed by atoms with Crippen LogP contribution in [0.1, 0.15) is 128 Å². The average Bonchev–Trinajstić information content (AvgIpc) is 4.16. The Hall–Kier alpha value is -8.32. The molecule has 8 N–H and O–H groups in total. The minimum Gasteiger partial charge on any atom is -0.508 e. The summed E-state index contributed by atoms with van der Waals surface area (Å²) in [7, 11) is 0. The molecule has 0 amide bonds. The number of aromatic hydroxyl groups is 8. The molecular weight excluding hydrogens is 845 g/mol. The van der Waals surface area contributed by atoms with E-state index in [0.717, 1.165) is 0 Å². The summed E-state index contributed by atoms with van der Waals surface area (Å²) >= 11 is 0. The van der Waals surface area contributed by atoms with E-state index in [1.54, 1.807) is 100 Å². The maximum atomic E-state index is 12.9. The second kappa shape index (κ2) is 17.0. The van der Waals surface area contributed by atoms with Crippen molar-refractivity contribution in [3.05, 3.63) is 213 Å². The number of phenols is 8. The summed E-state index contributed by atoms with van der Waals surface area (Å²) in [6, 6.07) is 25.5. The predicted molar refractivity (Wildman–Crippen MR) is 240 cm³/mol. The van der Waals surface area contributed by atoms with E-state index in [1.807, 2.05) is 0 Å². The topological polar surface area (TPSA) is 228 Å². The third-order valence-corrected chi connectivity index (χ3v) is 12.6. The van der Waals surface area contributed by atoms with Gasteiger partial charge in [-0.3, -0.25) is 0 Å². The molecule has 5 aromatic heterocycles. The Morgan fingerprint density at radius 3 is 1.23 bits per heavy atom. The molecule has 336 valence electrons. The van der Waals surface area contributed by atoms with Crippen LogP contribution in [0.15, 0.2) is 150 Å². The molecule has 0 bridgehead atoms. The van der Waals surface area contributed by atoms with Gasteiger partial charge < -0.3 is 62.9 Å². The first-order valence-corrected chi connectivity index (χ1v) is 21.1. The van der Waals surface area contributed by atoms with E-state index in [-0.39, 0.29) is 96.1 Å². The summed E-state index contributed by atoms with van der Waals surface area (Å²) in [5.74, 6) is -6.23. The van der Waals surface area contributed by atoms with Crippen molar-refractivity contribution < 1.29 is 62.9 Å². The molecular formula is C53H46O13. The summed E-state index contributed by atoms with van der Waals surface area (Å²) in [5.41, 5.74) is 1.25. The molecule has 9 rings (SSSR count). The normalized spacial score (nSPS) is 13.9. The van der Waals surface area contributed by atoms with Crippen LogP contribution in [0.4, 0.5) is 0 Å². The lowest BCUT2D eigenvalue weighted by molar-refractivity contribution is 0.399. The monoisotopic (exact) mass is 890 g/mol. The Morgan fingerprint density at radius 2 is 0.712 bits per heavy atom. The van der Waals surface area contributed by atoms with Crippen molar-refractivity contribution in [2.45, 2.75) is 57.3 Å². The third kappa shape index (κ3) is 7.14. The van der Waals surface area contributed by atoms with Crippen LogP contribution in [0.25, 0.3) is 0 Å². The number of furan rings is 5. The average molecular weight is 891 g/mol. The highest BCUT2D eigenvalue weighted by Crippen LogP contribution is 2.56. The molecule has 0 fully saturated rings. The third-order valence-electron chi connectivity index (χ3n) is 12.6. The standard InChI is InChI=1S/C53H46O13/c1-26-15-17-35(55)46(48(26)56)45(40-14-9-23-66-40)33-25-32(51(59)42(52(33)60)29(4)37-11-6-20-63-37)43(38-12-7-21-64-38)31-24-27(2)49(57)47(53(31)61)44(39-13-8-22-65-39)30-16-18-34(54)41(50(30)58)28(3)36-10-5-19-62-36/h5-25,28-29,43-45,54-61H,1-4H3. The van der Waals surface area contributed by atoms with Crippen molar-refractivity contribution in [3.8, 4) is 46.0 Å². The first-order chi connectivity index (χ1) is 31.8. The zero-order valence-electron chi connectivity index (χ0n) is 36.1. The SMILES string of the molecule is Cc1ccc(O)c(C(c2ccco2)c2cc(C(c3ccco3)c3cc(C)c(O)c(C(c4ccco4)c4ccc(O)c(C(C)c5ccco5)c4O)c3O)c(O)c(C(C)c3ccco3)c2O)c1O. The number of hydrogen-bond donors (Lipinski definition) is 8. The van der Waals surface area contributed by atoms with Gasteiger partial charge in [0.25, 0.3) is 0 Å². The molecule has 0 radical (unpaired) electrons. The lowest BCUT2D eigenvalue weighted by Crippen LogP contribution is -2.13. The van der Waals surface area contributed by atoms with Gasteiger partial charge in [0.2, 0.25) is 0 Å². The molecule has 5 atom stereocenters. The molecule has 5 heterocycles. The maximum Gasteiger partial charge on any atom is 0.127 e. The van der Waals surface area contributed by atoms with Crippen molar-refractivity contribution in [2.75, 3.05) is 0 Å². The van der Waals surface area contributed by atoms with Gasteiger partial charge in [0.15, 0.2) is 0 Å². The summed E-state index contributed by atoms with van der Waals surface area (Å²) in [6.45, 7) is 6.78. The van der Waals surface area contributed by atoms with Gasteiger partial charge in [-0.15, -0.1) is 0 Å². The Morgan fingerprint density at radius 1 is 0.333 bits per heavy atom. The summed E-state index contributed by atoms with van der Waals surface area (Å²) in [4.78, 5) is 0. The minimum atomic E-state index is -1.21. The van der Waals surface area contributed by atoms with Crippen LogP contribution < -0.4 is 0 Å². The van der Waals surface area contributed by atoms with E-state index in [4.69, 9.17) is 22.1 Å². The van der Waals surface area contributed by atoms with Crippen molar-refractivity contribution in [1.29, 1.82) is 0 Å². The van der Waals surface area contributed by atoms with Crippen LogP contribution >= 0.6 is 0 Å². The van der Waals surface area contributed by atoms with E-state index in [2.05, 4.69) is 0 Å². The molecule has 13 heteroatoms. The fourth-order valence-corrected chi connectivity index (χ4v) is 9.29. The Balaban J connectivity index is 1.34. The summed E-state index contributed by atoms with van der Waals surface area (Å²) in [5, 5.41) is 96.5. The van der Waals surface area contributed by atoms with Crippen molar-refractivity contribution in [3.63, 3.8) is 0 Å². The number of rotatable bonds is 13. The largest absolute Gasteiger partial charge is 0.508 e. The molecule has 5 unspecified atom stereocenters. The summed E-state index contributed by atoms with van der Waals surface area (Å²) in [6.07, 6.45) is 7.21.